The third kappa shape index (κ3) is 2.94. The zero-order valence-electron chi connectivity index (χ0n) is 9.14. The standard InChI is InChI=1S/C10H14N4O2/c1-6-3-8(5-12-4-6)13-10(15)7(2)9(11)14-16/h3-5,7,16H,1-2H3,(H2,11,14)(H,13,15). The van der Waals surface area contributed by atoms with Gasteiger partial charge >= 0.3 is 0 Å². The van der Waals surface area contributed by atoms with Crippen LogP contribution in [0.4, 0.5) is 5.69 Å². The maximum Gasteiger partial charge on any atom is 0.234 e. The second kappa shape index (κ2) is 5.11. The maximum atomic E-state index is 11.6. The predicted molar refractivity (Wildman–Crippen MR) is 60.2 cm³/mol. The normalized spacial score (nSPS) is 13.2. The molecule has 0 aromatic carbocycles. The summed E-state index contributed by atoms with van der Waals surface area (Å²) in [6.07, 6.45) is 3.21. The molecule has 0 aliphatic heterocycles. The molecule has 1 amide bonds. The molecular weight excluding hydrogens is 208 g/mol. The lowest BCUT2D eigenvalue weighted by Crippen LogP contribution is -2.32. The monoisotopic (exact) mass is 222 g/mol. The van der Waals surface area contributed by atoms with Crippen molar-refractivity contribution in [3.05, 3.63) is 24.0 Å². The van der Waals surface area contributed by atoms with Crippen molar-refractivity contribution in [2.24, 2.45) is 16.8 Å². The van der Waals surface area contributed by atoms with Crippen molar-refractivity contribution in [2.75, 3.05) is 5.32 Å². The summed E-state index contributed by atoms with van der Waals surface area (Å²) in [5.74, 6) is -1.16. The number of oxime groups is 1. The van der Waals surface area contributed by atoms with Crippen molar-refractivity contribution in [2.45, 2.75) is 13.8 Å². The van der Waals surface area contributed by atoms with E-state index in [1.165, 1.54) is 6.20 Å². The first kappa shape index (κ1) is 12.0. The van der Waals surface area contributed by atoms with Crippen molar-refractivity contribution in [1.82, 2.24) is 4.98 Å². The van der Waals surface area contributed by atoms with Gasteiger partial charge in [0, 0.05) is 6.20 Å². The number of nitrogens with two attached hydrogens (primary N) is 1. The lowest BCUT2D eigenvalue weighted by molar-refractivity contribution is -0.117. The van der Waals surface area contributed by atoms with Crippen LogP contribution in [0.1, 0.15) is 12.5 Å². The fraction of sp³-hybridized carbons (Fsp3) is 0.300. The summed E-state index contributed by atoms with van der Waals surface area (Å²) in [6.45, 7) is 3.42. The van der Waals surface area contributed by atoms with Crippen LogP contribution in [-0.2, 0) is 4.79 Å². The molecule has 0 bridgehead atoms. The number of hydrogen-bond donors (Lipinski definition) is 3. The smallest absolute Gasteiger partial charge is 0.234 e. The van der Waals surface area contributed by atoms with E-state index >= 15 is 0 Å². The summed E-state index contributed by atoms with van der Waals surface area (Å²) in [6, 6.07) is 1.78. The molecule has 1 heterocycles. The van der Waals surface area contributed by atoms with Crippen LogP contribution in [0.2, 0.25) is 0 Å². The average molecular weight is 222 g/mol. The summed E-state index contributed by atoms with van der Waals surface area (Å²) < 4.78 is 0. The average Bonchev–Trinajstić information content (AvgIpc) is 2.27. The first-order valence-corrected chi connectivity index (χ1v) is 4.74. The number of amidine groups is 1. The molecule has 0 saturated heterocycles. The second-order valence-electron chi connectivity index (χ2n) is 3.49. The molecule has 0 aliphatic carbocycles. The number of nitrogens with zero attached hydrogens (tertiary/aromatic N) is 2. The molecule has 1 atom stereocenters. The van der Waals surface area contributed by atoms with Crippen LogP contribution in [0.25, 0.3) is 0 Å². The Balaban J connectivity index is 2.72. The fourth-order valence-electron chi connectivity index (χ4n) is 1.09. The Kier molecular flexibility index (Phi) is 3.82. The van der Waals surface area contributed by atoms with Gasteiger partial charge in [0.1, 0.15) is 0 Å². The highest BCUT2D eigenvalue weighted by Crippen LogP contribution is 2.09. The van der Waals surface area contributed by atoms with Gasteiger partial charge in [-0.25, -0.2) is 0 Å². The highest BCUT2D eigenvalue weighted by molar-refractivity contribution is 6.07. The van der Waals surface area contributed by atoms with E-state index in [1.54, 1.807) is 19.2 Å². The molecule has 0 fully saturated rings. The Morgan fingerprint density at radius 3 is 2.88 bits per heavy atom. The number of hydrogen-bond acceptors (Lipinski definition) is 4. The molecule has 6 heteroatoms. The molecule has 86 valence electrons. The van der Waals surface area contributed by atoms with Crippen molar-refractivity contribution in [3.8, 4) is 0 Å². The molecular formula is C10H14N4O2. The third-order valence-electron chi connectivity index (χ3n) is 2.09. The molecule has 4 N–H and O–H groups in total. The minimum atomic E-state index is -0.689. The molecule has 16 heavy (non-hydrogen) atoms. The molecule has 0 spiro atoms. The minimum Gasteiger partial charge on any atom is -0.409 e. The van der Waals surface area contributed by atoms with Crippen LogP contribution in [0.5, 0.6) is 0 Å². The SMILES string of the molecule is Cc1cncc(NC(=O)C(C)/C(N)=N/O)c1. The second-order valence-corrected chi connectivity index (χ2v) is 3.49. The Hall–Kier alpha value is -2.11. The summed E-state index contributed by atoms with van der Waals surface area (Å²) in [5, 5.41) is 13.8. The summed E-state index contributed by atoms with van der Waals surface area (Å²) in [5.41, 5.74) is 6.85. The summed E-state index contributed by atoms with van der Waals surface area (Å²) >= 11 is 0. The molecule has 0 saturated carbocycles. The van der Waals surface area contributed by atoms with Gasteiger partial charge in [0.2, 0.25) is 5.91 Å². The number of aryl methyl sites for hydroxylation is 1. The number of aromatic nitrogens is 1. The predicted octanol–water partition coefficient (Wildman–Crippen LogP) is 0.711. The number of rotatable bonds is 3. The quantitative estimate of drug-likeness (QED) is 0.303. The first-order chi connectivity index (χ1) is 7.54. The maximum absolute atomic E-state index is 11.6. The van der Waals surface area contributed by atoms with E-state index in [0.29, 0.717) is 5.69 Å². The van der Waals surface area contributed by atoms with Gasteiger partial charge in [-0.05, 0) is 25.5 Å². The number of amides is 1. The van der Waals surface area contributed by atoms with Gasteiger partial charge in [0.25, 0.3) is 0 Å². The third-order valence-corrected chi connectivity index (χ3v) is 2.09. The number of nitrogens with one attached hydrogen (secondary N) is 1. The van der Waals surface area contributed by atoms with Gasteiger partial charge in [-0.1, -0.05) is 5.16 Å². The lowest BCUT2D eigenvalue weighted by atomic mass is 10.1. The Morgan fingerprint density at radius 1 is 1.62 bits per heavy atom. The van der Waals surface area contributed by atoms with E-state index in [-0.39, 0.29) is 11.7 Å². The van der Waals surface area contributed by atoms with E-state index in [1.807, 2.05) is 6.92 Å². The summed E-state index contributed by atoms with van der Waals surface area (Å²) in [4.78, 5) is 15.5. The van der Waals surface area contributed by atoms with Gasteiger partial charge < -0.3 is 16.3 Å². The van der Waals surface area contributed by atoms with Crippen LogP contribution in [0.15, 0.2) is 23.6 Å². The number of anilines is 1. The van der Waals surface area contributed by atoms with Gasteiger partial charge in [-0.15, -0.1) is 0 Å². The summed E-state index contributed by atoms with van der Waals surface area (Å²) in [7, 11) is 0. The fourth-order valence-corrected chi connectivity index (χ4v) is 1.09. The van der Waals surface area contributed by atoms with Crippen molar-refractivity contribution >= 4 is 17.4 Å². The molecule has 0 radical (unpaired) electrons. The molecule has 1 aromatic rings. The van der Waals surface area contributed by atoms with E-state index < -0.39 is 5.92 Å². The minimum absolute atomic E-state index is 0.127. The van der Waals surface area contributed by atoms with Gasteiger partial charge in [0.15, 0.2) is 5.84 Å². The topological polar surface area (TPSA) is 101 Å². The van der Waals surface area contributed by atoms with Crippen molar-refractivity contribution < 1.29 is 10.0 Å². The largest absolute Gasteiger partial charge is 0.409 e. The van der Waals surface area contributed by atoms with Crippen molar-refractivity contribution in [1.29, 1.82) is 0 Å². The van der Waals surface area contributed by atoms with Crippen LogP contribution in [0.3, 0.4) is 0 Å². The van der Waals surface area contributed by atoms with Crippen LogP contribution in [0, 0.1) is 12.8 Å². The Morgan fingerprint density at radius 2 is 2.31 bits per heavy atom. The van der Waals surface area contributed by atoms with Gasteiger partial charge in [0.05, 0.1) is 17.8 Å². The Bertz CT molecular complexity index is 417. The molecule has 1 rings (SSSR count). The zero-order chi connectivity index (χ0) is 12.1. The Labute approximate surface area is 93.2 Å². The first-order valence-electron chi connectivity index (χ1n) is 4.74. The van der Waals surface area contributed by atoms with Crippen LogP contribution < -0.4 is 11.1 Å². The number of carbonyl (C=O) groups is 1. The molecule has 1 unspecified atom stereocenters. The zero-order valence-corrected chi connectivity index (χ0v) is 9.14. The van der Waals surface area contributed by atoms with Gasteiger partial charge in [-0.3, -0.25) is 9.78 Å². The highest BCUT2D eigenvalue weighted by atomic mass is 16.4. The molecule has 1 aromatic heterocycles. The number of pyridine rings is 1. The van der Waals surface area contributed by atoms with Crippen LogP contribution >= 0.6 is 0 Å². The van der Waals surface area contributed by atoms with Crippen molar-refractivity contribution in [3.63, 3.8) is 0 Å². The molecule has 0 aliphatic rings. The molecule has 6 nitrogen and oxygen atoms in total. The van der Waals surface area contributed by atoms with Gasteiger partial charge in [-0.2, -0.15) is 0 Å². The van der Waals surface area contributed by atoms with E-state index in [9.17, 15) is 4.79 Å². The van der Waals surface area contributed by atoms with E-state index in [4.69, 9.17) is 10.9 Å². The van der Waals surface area contributed by atoms with Crippen LogP contribution in [-0.4, -0.2) is 21.9 Å². The number of carbonyl (C=O) groups excluding carboxylic acids is 1. The lowest BCUT2D eigenvalue weighted by Gasteiger charge is -2.10. The van der Waals surface area contributed by atoms with E-state index in [0.717, 1.165) is 5.56 Å². The van der Waals surface area contributed by atoms with E-state index in [2.05, 4.69) is 15.5 Å². The highest BCUT2D eigenvalue weighted by Gasteiger charge is 2.17.